The summed E-state index contributed by atoms with van der Waals surface area (Å²) in [6, 6.07) is 7.42. The smallest absolute Gasteiger partial charge is 0.400 e. The van der Waals surface area contributed by atoms with Crippen molar-refractivity contribution < 1.29 is 9.31 Å². The van der Waals surface area contributed by atoms with E-state index in [1.165, 1.54) is 0 Å². The molecule has 0 spiro atoms. The highest BCUT2D eigenvalue weighted by Gasteiger charge is 2.52. The molecule has 1 saturated heterocycles. The van der Waals surface area contributed by atoms with Gasteiger partial charge in [-0.3, -0.25) is 5.41 Å². The van der Waals surface area contributed by atoms with E-state index in [1.807, 2.05) is 58.0 Å². The van der Waals surface area contributed by atoms with Gasteiger partial charge in [-0.05, 0) is 38.7 Å². The molecule has 0 amide bonds. The Morgan fingerprint density at radius 1 is 1.14 bits per heavy atom. The maximum Gasteiger partial charge on any atom is 0.491 e. The van der Waals surface area contributed by atoms with Crippen molar-refractivity contribution in [3.05, 3.63) is 40.9 Å². The van der Waals surface area contributed by atoms with Crippen LogP contribution in [0, 0.1) is 5.41 Å². The van der Waals surface area contributed by atoms with Gasteiger partial charge in [0, 0.05) is 12.1 Å². The van der Waals surface area contributed by atoms with Crippen LogP contribution < -0.4 is 11.5 Å². The van der Waals surface area contributed by atoms with Crippen molar-refractivity contribution in [2.45, 2.75) is 38.9 Å². The van der Waals surface area contributed by atoms with E-state index in [0.29, 0.717) is 12.1 Å². The summed E-state index contributed by atoms with van der Waals surface area (Å²) in [6.45, 7) is 8.42. The van der Waals surface area contributed by atoms with Gasteiger partial charge in [0.15, 0.2) is 0 Å². The lowest BCUT2D eigenvalue weighted by molar-refractivity contribution is 0.00578. The molecular formula is C16H24BN3O2. The van der Waals surface area contributed by atoms with Gasteiger partial charge < -0.3 is 20.8 Å². The average molecular weight is 301 g/mol. The quantitative estimate of drug-likeness (QED) is 0.450. The van der Waals surface area contributed by atoms with Crippen molar-refractivity contribution in [2.75, 3.05) is 6.54 Å². The molecule has 0 saturated carbocycles. The molecule has 1 fully saturated rings. The van der Waals surface area contributed by atoms with Crippen LogP contribution in [0.15, 0.2) is 29.7 Å². The van der Waals surface area contributed by atoms with E-state index in [2.05, 4.69) is 0 Å². The van der Waals surface area contributed by atoms with Crippen molar-refractivity contribution in [2.24, 2.45) is 11.5 Å². The van der Waals surface area contributed by atoms with Gasteiger partial charge >= 0.3 is 7.12 Å². The Morgan fingerprint density at radius 2 is 1.64 bits per heavy atom. The zero-order valence-electron chi connectivity index (χ0n) is 13.6. The largest absolute Gasteiger partial charge is 0.491 e. The molecule has 0 radical (unpaired) electrons. The second-order valence-corrected chi connectivity index (χ2v) is 6.55. The van der Waals surface area contributed by atoms with Gasteiger partial charge in [0.25, 0.3) is 0 Å². The highest BCUT2D eigenvalue weighted by molar-refractivity contribution is 6.55. The second-order valence-electron chi connectivity index (χ2n) is 6.55. The monoisotopic (exact) mass is 301 g/mol. The van der Waals surface area contributed by atoms with Gasteiger partial charge in [0.1, 0.15) is 5.84 Å². The minimum Gasteiger partial charge on any atom is -0.400 e. The molecule has 1 aliphatic rings. The molecule has 6 heteroatoms. The standard InChI is InChI=1S/C16H24BN3O2/c1-15(2)16(3,4)22-17(21-15)13(10-18)9-11-5-7-12(8-6-11)14(19)20/h5-9H,10,18H2,1-4H3,(H3,19,20). The fourth-order valence-corrected chi connectivity index (χ4v) is 2.19. The van der Waals surface area contributed by atoms with Crippen LogP contribution in [0.4, 0.5) is 0 Å². The van der Waals surface area contributed by atoms with Crippen molar-refractivity contribution in [3.8, 4) is 0 Å². The average Bonchev–Trinajstić information content (AvgIpc) is 2.65. The summed E-state index contributed by atoms with van der Waals surface area (Å²) in [5, 5.41) is 7.41. The van der Waals surface area contributed by atoms with Gasteiger partial charge in [0.05, 0.1) is 11.2 Å². The molecule has 5 nitrogen and oxygen atoms in total. The number of amidine groups is 1. The lowest BCUT2D eigenvalue weighted by atomic mass is 9.77. The maximum atomic E-state index is 7.41. The van der Waals surface area contributed by atoms with Crippen LogP contribution in [-0.4, -0.2) is 30.7 Å². The molecule has 0 bridgehead atoms. The number of benzene rings is 1. The molecule has 0 aromatic heterocycles. The summed E-state index contributed by atoms with van der Waals surface area (Å²) in [7, 11) is -0.442. The summed E-state index contributed by atoms with van der Waals surface area (Å²) in [4.78, 5) is 0. The Morgan fingerprint density at radius 3 is 2.05 bits per heavy atom. The molecule has 1 aromatic rings. The molecule has 2 rings (SSSR count). The predicted molar refractivity (Wildman–Crippen MR) is 90.6 cm³/mol. The third-order valence-corrected chi connectivity index (χ3v) is 4.37. The molecular weight excluding hydrogens is 277 g/mol. The number of nitrogens with two attached hydrogens (primary N) is 2. The molecule has 0 unspecified atom stereocenters. The Kier molecular flexibility index (Phi) is 4.47. The molecule has 1 aromatic carbocycles. The van der Waals surface area contributed by atoms with Crippen LogP contribution in [0.5, 0.6) is 0 Å². The van der Waals surface area contributed by atoms with E-state index in [9.17, 15) is 0 Å². The molecule has 0 aliphatic carbocycles. The van der Waals surface area contributed by atoms with Gasteiger partial charge in [-0.2, -0.15) is 0 Å². The first-order valence-corrected chi connectivity index (χ1v) is 7.37. The Labute approximate surface area is 132 Å². The molecule has 1 heterocycles. The Hall–Kier alpha value is -1.63. The number of nitrogens with one attached hydrogen (secondary N) is 1. The first kappa shape index (κ1) is 16.7. The predicted octanol–water partition coefficient (Wildman–Crippen LogP) is 1.94. The minimum absolute atomic E-state index is 0.0561. The third-order valence-electron chi connectivity index (χ3n) is 4.37. The highest BCUT2D eigenvalue weighted by atomic mass is 16.7. The van der Waals surface area contributed by atoms with Crippen molar-refractivity contribution in [1.29, 1.82) is 5.41 Å². The van der Waals surface area contributed by atoms with Crippen LogP contribution in [0.2, 0.25) is 0 Å². The zero-order chi connectivity index (χ0) is 16.5. The van der Waals surface area contributed by atoms with E-state index in [1.54, 1.807) is 0 Å². The van der Waals surface area contributed by atoms with Gasteiger partial charge in [-0.15, -0.1) is 0 Å². The van der Waals surface area contributed by atoms with Crippen molar-refractivity contribution >= 4 is 19.0 Å². The topological polar surface area (TPSA) is 94.3 Å². The fourth-order valence-electron chi connectivity index (χ4n) is 2.19. The lowest BCUT2D eigenvalue weighted by Gasteiger charge is -2.32. The third kappa shape index (κ3) is 3.24. The number of hydrogen-bond donors (Lipinski definition) is 3. The molecule has 22 heavy (non-hydrogen) atoms. The summed E-state index contributed by atoms with van der Waals surface area (Å²) in [5.74, 6) is 0.0561. The Bertz CT molecular complexity index is 578. The van der Waals surface area contributed by atoms with Crippen LogP contribution in [0.25, 0.3) is 6.08 Å². The zero-order valence-corrected chi connectivity index (χ0v) is 13.6. The SMILES string of the molecule is CC1(C)OB(C(=Cc2ccc(C(=N)N)cc2)CN)OC1(C)C. The van der Waals surface area contributed by atoms with Crippen molar-refractivity contribution in [3.63, 3.8) is 0 Å². The molecule has 0 atom stereocenters. The van der Waals surface area contributed by atoms with Crippen LogP contribution in [0.3, 0.4) is 0 Å². The van der Waals surface area contributed by atoms with E-state index in [4.69, 9.17) is 26.2 Å². The molecule has 118 valence electrons. The summed E-state index contributed by atoms with van der Waals surface area (Å²) in [5.41, 5.74) is 13.1. The maximum absolute atomic E-state index is 7.41. The highest BCUT2D eigenvalue weighted by Crippen LogP contribution is 2.38. The van der Waals surface area contributed by atoms with E-state index in [0.717, 1.165) is 11.0 Å². The van der Waals surface area contributed by atoms with Crippen LogP contribution in [0.1, 0.15) is 38.8 Å². The van der Waals surface area contributed by atoms with E-state index >= 15 is 0 Å². The molecule has 1 aliphatic heterocycles. The lowest BCUT2D eigenvalue weighted by Crippen LogP contribution is -2.41. The first-order chi connectivity index (χ1) is 10.2. The first-order valence-electron chi connectivity index (χ1n) is 7.37. The van der Waals surface area contributed by atoms with E-state index < -0.39 is 7.12 Å². The minimum atomic E-state index is -0.442. The number of hydrogen-bond acceptors (Lipinski definition) is 4. The van der Waals surface area contributed by atoms with Gasteiger partial charge in [0.2, 0.25) is 0 Å². The second kappa shape index (κ2) is 5.87. The van der Waals surface area contributed by atoms with Gasteiger partial charge in [-0.1, -0.05) is 30.3 Å². The molecule has 5 N–H and O–H groups in total. The summed E-state index contributed by atoms with van der Waals surface area (Å²) in [6.07, 6.45) is 1.96. The summed E-state index contributed by atoms with van der Waals surface area (Å²) < 4.78 is 12.1. The van der Waals surface area contributed by atoms with Crippen LogP contribution in [-0.2, 0) is 9.31 Å². The van der Waals surface area contributed by atoms with Crippen molar-refractivity contribution in [1.82, 2.24) is 0 Å². The Balaban J connectivity index is 2.23. The van der Waals surface area contributed by atoms with Crippen LogP contribution >= 0.6 is 0 Å². The summed E-state index contributed by atoms with van der Waals surface area (Å²) >= 11 is 0. The number of nitrogen functional groups attached to an aromatic ring is 1. The fraction of sp³-hybridized carbons (Fsp3) is 0.438. The van der Waals surface area contributed by atoms with E-state index in [-0.39, 0.29) is 17.0 Å². The number of rotatable bonds is 4. The van der Waals surface area contributed by atoms with Gasteiger partial charge in [-0.25, -0.2) is 0 Å². The normalized spacial score (nSPS) is 20.2.